The van der Waals surface area contributed by atoms with Crippen LogP contribution in [0.2, 0.25) is 0 Å². The highest BCUT2D eigenvalue weighted by atomic mass is 16.5. The highest BCUT2D eigenvalue weighted by Gasteiger charge is 2.23. The summed E-state index contributed by atoms with van der Waals surface area (Å²) in [6, 6.07) is 8.97. The van der Waals surface area contributed by atoms with Gasteiger partial charge in [0.1, 0.15) is 12.4 Å². The summed E-state index contributed by atoms with van der Waals surface area (Å²) in [7, 11) is 0. The molecule has 0 bridgehead atoms. The van der Waals surface area contributed by atoms with E-state index in [0.717, 1.165) is 38.5 Å². The fourth-order valence-corrected chi connectivity index (χ4v) is 2.73. The number of ether oxygens (including phenoxy) is 1. The number of fused-ring (bicyclic) bond motifs is 1. The third kappa shape index (κ3) is 3.97. The van der Waals surface area contributed by atoms with Gasteiger partial charge in [-0.2, -0.15) is 0 Å². The SMILES string of the molecule is CCCNCC(C)C(C)N1CCOc2ccccc2C1. The average molecular weight is 276 g/mol. The van der Waals surface area contributed by atoms with Crippen LogP contribution in [0.3, 0.4) is 0 Å². The summed E-state index contributed by atoms with van der Waals surface area (Å²) < 4.78 is 5.85. The van der Waals surface area contributed by atoms with Gasteiger partial charge in [-0.05, 0) is 38.4 Å². The normalized spacial score (nSPS) is 18.8. The zero-order chi connectivity index (χ0) is 14.4. The third-order valence-corrected chi connectivity index (χ3v) is 4.27. The molecule has 2 atom stereocenters. The van der Waals surface area contributed by atoms with Gasteiger partial charge in [-0.1, -0.05) is 32.0 Å². The van der Waals surface area contributed by atoms with Crippen molar-refractivity contribution < 1.29 is 4.74 Å². The number of hydrogen-bond donors (Lipinski definition) is 1. The lowest BCUT2D eigenvalue weighted by molar-refractivity contribution is 0.139. The zero-order valence-corrected chi connectivity index (χ0v) is 13.1. The molecule has 112 valence electrons. The molecule has 1 aromatic rings. The van der Waals surface area contributed by atoms with Gasteiger partial charge in [0.15, 0.2) is 0 Å². The Labute approximate surface area is 123 Å². The van der Waals surface area contributed by atoms with Crippen molar-refractivity contribution in [2.75, 3.05) is 26.2 Å². The van der Waals surface area contributed by atoms with Gasteiger partial charge in [-0.15, -0.1) is 0 Å². The lowest BCUT2D eigenvalue weighted by Crippen LogP contribution is -2.42. The Morgan fingerprint density at radius 1 is 1.30 bits per heavy atom. The molecular weight excluding hydrogens is 248 g/mol. The van der Waals surface area contributed by atoms with Crippen molar-refractivity contribution in [1.29, 1.82) is 0 Å². The first-order chi connectivity index (χ1) is 9.72. The molecule has 2 rings (SSSR count). The molecule has 0 fully saturated rings. The molecule has 2 unspecified atom stereocenters. The van der Waals surface area contributed by atoms with Crippen LogP contribution in [0.5, 0.6) is 5.75 Å². The summed E-state index contributed by atoms with van der Waals surface area (Å²) in [5, 5.41) is 3.53. The zero-order valence-electron chi connectivity index (χ0n) is 13.1. The van der Waals surface area contributed by atoms with Crippen LogP contribution < -0.4 is 10.1 Å². The van der Waals surface area contributed by atoms with Gasteiger partial charge >= 0.3 is 0 Å². The van der Waals surface area contributed by atoms with E-state index in [-0.39, 0.29) is 0 Å². The van der Waals surface area contributed by atoms with E-state index in [4.69, 9.17) is 4.74 Å². The molecule has 0 spiro atoms. The number of hydrogen-bond acceptors (Lipinski definition) is 3. The van der Waals surface area contributed by atoms with Crippen LogP contribution in [-0.4, -0.2) is 37.2 Å². The van der Waals surface area contributed by atoms with Gasteiger partial charge in [0.2, 0.25) is 0 Å². The Morgan fingerprint density at radius 2 is 2.10 bits per heavy atom. The Hall–Kier alpha value is -1.06. The maximum absolute atomic E-state index is 5.85. The van der Waals surface area contributed by atoms with Crippen LogP contribution in [0.4, 0.5) is 0 Å². The molecule has 3 nitrogen and oxygen atoms in total. The Kier molecular flexibility index (Phi) is 5.86. The van der Waals surface area contributed by atoms with Crippen molar-refractivity contribution in [2.24, 2.45) is 5.92 Å². The number of rotatable bonds is 6. The lowest BCUT2D eigenvalue weighted by Gasteiger charge is -2.32. The predicted molar refractivity (Wildman–Crippen MR) is 84.1 cm³/mol. The quantitative estimate of drug-likeness (QED) is 0.809. The maximum Gasteiger partial charge on any atom is 0.123 e. The van der Waals surface area contributed by atoms with Crippen LogP contribution in [0, 0.1) is 5.92 Å². The molecule has 1 N–H and O–H groups in total. The second kappa shape index (κ2) is 7.65. The van der Waals surface area contributed by atoms with Crippen molar-refractivity contribution >= 4 is 0 Å². The lowest BCUT2D eigenvalue weighted by atomic mass is 10.0. The number of nitrogens with one attached hydrogen (secondary N) is 1. The summed E-state index contributed by atoms with van der Waals surface area (Å²) in [6.07, 6.45) is 1.20. The summed E-state index contributed by atoms with van der Waals surface area (Å²) in [4.78, 5) is 2.55. The molecular formula is C17H28N2O. The fraction of sp³-hybridized carbons (Fsp3) is 0.647. The topological polar surface area (TPSA) is 24.5 Å². The molecule has 20 heavy (non-hydrogen) atoms. The molecule has 0 saturated carbocycles. The first-order valence-electron chi connectivity index (χ1n) is 7.87. The van der Waals surface area contributed by atoms with E-state index in [0.29, 0.717) is 12.0 Å². The smallest absolute Gasteiger partial charge is 0.123 e. The van der Waals surface area contributed by atoms with E-state index in [9.17, 15) is 0 Å². The van der Waals surface area contributed by atoms with Crippen LogP contribution in [0.1, 0.15) is 32.8 Å². The average Bonchev–Trinajstić information content (AvgIpc) is 2.68. The summed E-state index contributed by atoms with van der Waals surface area (Å²) in [6.45, 7) is 11.9. The Balaban J connectivity index is 1.95. The van der Waals surface area contributed by atoms with E-state index in [1.807, 2.05) is 0 Å². The van der Waals surface area contributed by atoms with Crippen molar-refractivity contribution in [3.8, 4) is 5.75 Å². The predicted octanol–water partition coefficient (Wildman–Crippen LogP) is 2.91. The highest BCUT2D eigenvalue weighted by molar-refractivity contribution is 5.33. The molecule has 1 aliphatic rings. The molecule has 0 aromatic heterocycles. The standard InChI is InChI=1S/C17H28N2O/c1-4-9-18-12-14(2)15(3)19-10-11-20-17-8-6-5-7-16(17)13-19/h5-8,14-15,18H,4,9-13H2,1-3H3. The largest absolute Gasteiger partial charge is 0.492 e. The van der Waals surface area contributed by atoms with E-state index >= 15 is 0 Å². The minimum absolute atomic E-state index is 0.564. The summed E-state index contributed by atoms with van der Waals surface area (Å²) >= 11 is 0. The van der Waals surface area contributed by atoms with E-state index in [1.54, 1.807) is 0 Å². The van der Waals surface area contributed by atoms with E-state index < -0.39 is 0 Å². The molecule has 3 heteroatoms. The number of para-hydroxylation sites is 1. The second-order valence-corrected chi connectivity index (χ2v) is 5.85. The fourth-order valence-electron chi connectivity index (χ4n) is 2.73. The molecule has 0 amide bonds. The van der Waals surface area contributed by atoms with Gasteiger partial charge in [0.25, 0.3) is 0 Å². The van der Waals surface area contributed by atoms with Crippen molar-refractivity contribution in [2.45, 2.75) is 39.8 Å². The van der Waals surface area contributed by atoms with Gasteiger partial charge in [0.05, 0.1) is 0 Å². The maximum atomic E-state index is 5.85. The van der Waals surface area contributed by atoms with Gasteiger partial charge in [0, 0.05) is 24.7 Å². The van der Waals surface area contributed by atoms with Crippen molar-refractivity contribution in [3.05, 3.63) is 29.8 Å². The second-order valence-electron chi connectivity index (χ2n) is 5.85. The molecule has 0 aliphatic carbocycles. The highest BCUT2D eigenvalue weighted by Crippen LogP contribution is 2.24. The van der Waals surface area contributed by atoms with Crippen LogP contribution in [0.25, 0.3) is 0 Å². The number of benzene rings is 1. The van der Waals surface area contributed by atoms with Gasteiger partial charge in [-0.25, -0.2) is 0 Å². The summed E-state index contributed by atoms with van der Waals surface area (Å²) in [5.74, 6) is 1.70. The molecule has 1 heterocycles. The molecule has 1 aromatic carbocycles. The first kappa shape index (κ1) is 15.3. The molecule has 0 saturated heterocycles. The minimum atomic E-state index is 0.564. The monoisotopic (exact) mass is 276 g/mol. The van der Waals surface area contributed by atoms with Crippen molar-refractivity contribution in [3.63, 3.8) is 0 Å². The molecule has 0 radical (unpaired) electrons. The van der Waals surface area contributed by atoms with Crippen LogP contribution in [0.15, 0.2) is 24.3 Å². The van der Waals surface area contributed by atoms with Crippen molar-refractivity contribution in [1.82, 2.24) is 10.2 Å². The first-order valence-corrected chi connectivity index (χ1v) is 7.87. The molecule has 1 aliphatic heterocycles. The van der Waals surface area contributed by atoms with Gasteiger partial charge < -0.3 is 10.1 Å². The Bertz CT molecular complexity index is 408. The minimum Gasteiger partial charge on any atom is -0.492 e. The van der Waals surface area contributed by atoms with E-state index in [2.05, 4.69) is 55.3 Å². The van der Waals surface area contributed by atoms with Gasteiger partial charge in [-0.3, -0.25) is 4.90 Å². The summed E-state index contributed by atoms with van der Waals surface area (Å²) in [5.41, 5.74) is 1.31. The Morgan fingerprint density at radius 3 is 2.90 bits per heavy atom. The number of nitrogens with zero attached hydrogens (tertiary/aromatic N) is 1. The van der Waals surface area contributed by atoms with Crippen LogP contribution in [-0.2, 0) is 6.54 Å². The van der Waals surface area contributed by atoms with E-state index in [1.165, 1.54) is 12.0 Å². The third-order valence-electron chi connectivity index (χ3n) is 4.27. The van der Waals surface area contributed by atoms with Crippen LogP contribution >= 0.6 is 0 Å².